The fourth-order valence-electron chi connectivity index (χ4n) is 0.649. The van der Waals surface area contributed by atoms with Crippen molar-refractivity contribution >= 4 is 23.2 Å². The highest BCUT2D eigenvalue weighted by Gasteiger charge is 2.27. The number of rotatable bonds is 1. The van der Waals surface area contributed by atoms with Crippen molar-refractivity contribution in [1.82, 2.24) is 4.98 Å². The van der Waals surface area contributed by atoms with Gasteiger partial charge in [-0.05, 0) is 6.07 Å². The van der Waals surface area contributed by atoms with Crippen molar-refractivity contribution in [2.75, 3.05) is 0 Å². The van der Waals surface area contributed by atoms with Crippen LogP contribution in [0.1, 0.15) is 5.69 Å². The summed E-state index contributed by atoms with van der Waals surface area (Å²) in [5.41, 5.74) is -0.396. The summed E-state index contributed by atoms with van der Waals surface area (Å²) >= 11 is 10.5. The van der Waals surface area contributed by atoms with E-state index in [0.29, 0.717) is 0 Å². The van der Waals surface area contributed by atoms with Gasteiger partial charge in [0.1, 0.15) is 11.5 Å². The third-order valence-electron chi connectivity index (χ3n) is 1.11. The van der Waals surface area contributed by atoms with E-state index in [1.807, 2.05) is 0 Å². The van der Waals surface area contributed by atoms with Gasteiger partial charge in [0.15, 0.2) is 0 Å². The monoisotopic (exact) mass is 211 g/mol. The fourth-order valence-corrected chi connectivity index (χ4v) is 1.13. The Bertz CT molecular complexity index is 300. The lowest BCUT2D eigenvalue weighted by Crippen LogP contribution is -2.18. The van der Waals surface area contributed by atoms with Crippen molar-refractivity contribution < 1.29 is 14.6 Å². The van der Waals surface area contributed by atoms with Crippen LogP contribution in [0.5, 0.6) is 0 Å². The van der Waals surface area contributed by atoms with E-state index < -0.39 is 16.8 Å². The zero-order chi connectivity index (χ0) is 9.35. The maximum atomic E-state index is 12.4. The Hall–Kier alpha value is -0.420. The average molecular weight is 212 g/mol. The highest BCUT2D eigenvalue weighted by atomic mass is 35.5. The number of hydrogen-bond acceptors (Lipinski definition) is 3. The zero-order valence-electron chi connectivity index (χ0n) is 5.63. The molecule has 0 saturated heterocycles. The highest BCUT2D eigenvalue weighted by molar-refractivity contribution is 6.32. The van der Waals surface area contributed by atoms with Crippen LogP contribution in [-0.2, 0) is 5.25 Å². The van der Waals surface area contributed by atoms with Crippen molar-refractivity contribution in [2.24, 2.45) is 0 Å². The Balaban J connectivity index is 3.19. The van der Waals surface area contributed by atoms with Crippen LogP contribution in [-0.4, -0.2) is 15.2 Å². The van der Waals surface area contributed by atoms with Crippen LogP contribution in [0.25, 0.3) is 0 Å². The molecule has 0 saturated carbocycles. The molecule has 0 aliphatic carbocycles. The predicted molar refractivity (Wildman–Crippen MR) is 41.2 cm³/mol. The molecule has 6 heteroatoms. The standard InChI is InChI=1S/C6H4Cl2FNO2/c7-4-1-3(9)2-10-5(4)6(8,11)12/h1-2,11-12H. The molecule has 0 atom stereocenters. The second-order valence-electron chi connectivity index (χ2n) is 2.07. The lowest BCUT2D eigenvalue weighted by Gasteiger charge is -2.12. The molecule has 0 unspecified atom stereocenters. The quantitative estimate of drug-likeness (QED) is 0.543. The van der Waals surface area contributed by atoms with E-state index in [2.05, 4.69) is 4.98 Å². The van der Waals surface area contributed by atoms with Crippen LogP contribution in [0.2, 0.25) is 5.02 Å². The topological polar surface area (TPSA) is 53.4 Å². The Labute approximate surface area is 77.4 Å². The molecule has 12 heavy (non-hydrogen) atoms. The van der Waals surface area contributed by atoms with Crippen LogP contribution >= 0.6 is 23.2 Å². The lowest BCUT2D eigenvalue weighted by atomic mass is 10.3. The van der Waals surface area contributed by atoms with Crippen LogP contribution < -0.4 is 0 Å². The third-order valence-corrected chi connectivity index (χ3v) is 1.58. The Morgan fingerprint density at radius 3 is 2.50 bits per heavy atom. The number of alkyl halides is 1. The van der Waals surface area contributed by atoms with Gasteiger partial charge in [-0.1, -0.05) is 23.2 Å². The van der Waals surface area contributed by atoms with Crippen molar-refractivity contribution in [3.05, 3.63) is 28.8 Å². The number of aromatic nitrogens is 1. The Morgan fingerprint density at radius 2 is 2.08 bits per heavy atom. The summed E-state index contributed by atoms with van der Waals surface area (Å²) in [7, 11) is 0. The molecule has 0 aromatic carbocycles. The maximum Gasteiger partial charge on any atom is 0.290 e. The summed E-state index contributed by atoms with van der Waals surface area (Å²) in [6, 6.07) is 0.882. The molecule has 1 aromatic rings. The van der Waals surface area contributed by atoms with Gasteiger partial charge in [0.2, 0.25) is 0 Å². The molecule has 2 N–H and O–H groups in total. The van der Waals surface area contributed by atoms with Crippen molar-refractivity contribution in [3.63, 3.8) is 0 Å². The first-order chi connectivity index (χ1) is 5.41. The minimum atomic E-state index is -2.66. The number of aliphatic hydroxyl groups is 2. The SMILES string of the molecule is OC(O)(Cl)c1ncc(F)cc1Cl. The van der Waals surface area contributed by atoms with E-state index in [9.17, 15) is 4.39 Å². The molecule has 0 radical (unpaired) electrons. The summed E-state index contributed by atoms with van der Waals surface area (Å²) in [6.45, 7) is 0. The van der Waals surface area contributed by atoms with Gasteiger partial charge in [0, 0.05) is 0 Å². The molecular formula is C6H4Cl2FNO2. The average Bonchev–Trinajstić information content (AvgIpc) is 1.83. The smallest absolute Gasteiger partial charge is 0.290 e. The first-order valence-corrected chi connectivity index (χ1v) is 3.62. The van der Waals surface area contributed by atoms with E-state index in [4.69, 9.17) is 33.4 Å². The first kappa shape index (κ1) is 9.67. The zero-order valence-corrected chi connectivity index (χ0v) is 7.14. The van der Waals surface area contributed by atoms with E-state index in [1.165, 1.54) is 0 Å². The molecule has 1 aromatic heterocycles. The van der Waals surface area contributed by atoms with E-state index in [-0.39, 0.29) is 5.02 Å². The predicted octanol–water partition coefficient (Wildman–Crippen LogP) is 1.21. The molecule has 1 rings (SSSR count). The largest absolute Gasteiger partial charge is 0.348 e. The molecule has 0 spiro atoms. The number of hydrogen-bond donors (Lipinski definition) is 2. The van der Waals surface area contributed by atoms with E-state index >= 15 is 0 Å². The molecule has 1 heterocycles. The van der Waals surface area contributed by atoms with Crippen LogP contribution in [0.3, 0.4) is 0 Å². The highest BCUT2D eigenvalue weighted by Crippen LogP contribution is 2.27. The molecule has 0 fully saturated rings. The number of nitrogens with zero attached hydrogens (tertiary/aromatic N) is 1. The van der Waals surface area contributed by atoms with Gasteiger partial charge >= 0.3 is 0 Å². The summed E-state index contributed by atoms with van der Waals surface area (Å²) in [5.74, 6) is -0.676. The molecule has 0 amide bonds. The van der Waals surface area contributed by atoms with Crippen molar-refractivity contribution in [2.45, 2.75) is 5.25 Å². The van der Waals surface area contributed by atoms with Gasteiger partial charge in [-0.15, -0.1) is 0 Å². The number of halogens is 3. The number of pyridine rings is 1. The minimum absolute atomic E-state index is 0.241. The lowest BCUT2D eigenvalue weighted by molar-refractivity contribution is -0.0934. The Morgan fingerprint density at radius 1 is 1.50 bits per heavy atom. The van der Waals surface area contributed by atoms with Gasteiger partial charge < -0.3 is 10.2 Å². The molecule has 3 nitrogen and oxygen atoms in total. The normalized spacial score (nSPS) is 11.8. The van der Waals surface area contributed by atoms with Gasteiger partial charge in [-0.3, -0.25) is 0 Å². The van der Waals surface area contributed by atoms with Crippen LogP contribution in [0.15, 0.2) is 12.3 Å². The second kappa shape index (κ2) is 3.14. The first-order valence-electron chi connectivity index (χ1n) is 2.86. The van der Waals surface area contributed by atoms with Gasteiger partial charge in [0.25, 0.3) is 5.25 Å². The van der Waals surface area contributed by atoms with Crippen LogP contribution in [0, 0.1) is 5.82 Å². The summed E-state index contributed by atoms with van der Waals surface area (Å²) in [5, 5.41) is 14.7. The van der Waals surface area contributed by atoms with E-state index in [0.717, 1.165) is 12.3 Å². The minimum Gasteiger partial charge on any atom is -0.348 e. The van der Waals surface area contributed by atoms with Crippen molar-refractivity contribution in [3.8, 4) is 0 Å². The molecule has 0 aliphatic rings. The van der Waals surface area contributed by atoms with Crippen molar-refractivity contribution in [1.29, 1.82) is 0 Å². The van der Waals surface area contributed by atoms with E-state index in [1.54, 1.807) is 0 Å². The Kier molecular flexibility index (Phi) is 2.53. The van der Waals surface area contributed by atoms with Gasteiger partial charge in [0.05, 0.1) is 11.2 Å². The molecular weight excluding hydrogens is 208 g/mol. The summed E-state index contributed by atoms with van der Waals surface area (Å²) in [4.78, 5) is 3.31. The summed E-state index contributed by atoms with van der Waals surface area (Å²) in [6.07, 6.45) is 0.783. The van der Waals surface area contributed by atoms with Crippen LogP contribution in [0.4, 0.5) is 4.39 Å². The molecule has 0 aliphatic heterocycles. The van der Waals surface area contributed by atoms with Gasteiger partial charge in [-0.25, -0.2) is 9.37 Å². The van der Waals surface area contributed by atoms with Gasteiger partial charge in [-0.2, -0.15) is 0 Å². The molecule has 66 valence electrons. The summed E-state index contributed by atoms with van der Waals surface area (Å²) < 4.78 is 12.4. The maximum absolute atomic E-state index is 12.4. The third kappa shape index (κ3) is 2.04. The second-order valence-corrected chi connectivity index (χ2v) is 3.01. The fraction of sp³-hybridized carbons (Fsp3) is 0.167. The molecule has 0 bridgehead atoms.